The van der Waals surface area contributed by atoms with Crippen LogP contribution in [-0.2, 0) is 65.4 Å². The Kier molecular flexibility index (Phi) is 64.0. The monoisotopic (exact) mass is 1400 g/mol. The highest BCUT2D eigenvalue weighted by Gasteiger charge is 2.30. The van der Waals surface area contributed by atoms with Gasteiger partial charge in [-0.3, -0.25) is 37.3 Å². The third kappa shape index (κ3) is 67.6. The predicted octanol–water partition coefficient (Wildman–Crippen LogP) is 22.0. The molecule has 0 aliphatic rings. The van der Waals surface area contributed by atoms with Gasteiger partial charge < -0.3 is 33.8 Å². The first-order valence-electron chi connectivity index (χ1n) is 39.3. The minimum absolute atomic E-state index is 0.106. The van der Waals surface area contributed by atoms with Crippen LogP contribution in [0.4, 0.5) is 0 Å². The van der Waals surface area contributed by atoms with Crippen LogP contribution in [-0.4, -0.2) is 96.7 Å². The number of hydrogen-bond donors (Lipinski definition) is 3. The molecule has 0 heterocycles. The number of rotatable bonds is 73. The maximum atomic E-state index is 13.1. The Balaban J connectivity index is 5.23. The van der Waals surface area contributed by atoms with Crippen molar-refractivity contribution < 1.29 is 80.2 Å². The van der Waals surface area contributed by atoms with E-state index in [4.69, 9.17) is 37.0 Å². The van der Waals surface area contributed by atoms with Crippen LogP contribution in [0.25, 0.3) is 0 Å². The lowest BCUT2D eigenvalue weighted by molar-refractivity contribution is -0.161. The molecule has 95 heavy (non-hydrogen) atoms. The van der Waals surface area contributed by atoms with E-state index in [9.17, 15) is 43.2 Å². The summed E-state index contributed by atoms with van der Waals surface area (Å²) >= 11 is 0. The minimum atomic E-state index is -4.96. The molecule has 19 heteroatoms. The molecule has 0 fully saturated rings. The summed E-state index contributed by atoms with van der Waals surface area (Å²) in [6.45, 7) is 14.2. The zero-order valence-corrected chi connectivity index (χ0v) is 64.1. The number of esters is 4. The first-order chi connectivity index (χ1) is 45.7. The Hall–Kier alpha value is -1.94. The molecule has 564 valence electrons. The third-order valence-electron chi connectivity index (χ3n) is 18.3. The Bertz CT molecular complexity index is 1870. The molecular weight excluding hydrogens is 1250 g/mol. The van der Waals surface area contributed by atoms with Gasteiger partial charge in [0.2, 0.25) is 0 Å². The molecule has 0 aliphatic carbocycles. The van der Waals surface area contributed by atoms with E-state index < -0.39 is 97.5 Å². The van der Waals surface area contributed by atoms with Crippen LogP contribution in [0.5, 0.6) is 0 Å². The lowest BCUT2D eigenvalue weighted by Gasteiger charge is -2.21. The molecule has 7 atom stereocenters. The van der Waals surface area contributed by atoms with Crippen LogP contribution in [0.1, 0.15) is 383 Å². The molecule has 3 N–H and O–H groups in total. The average Bonchev–Trinajstić information content (AvgIpc) is 1.49. The second-order valence-corrected chi connectivity index (χ2v) is 31.7. The van der Waals surface area contributed by atoms with E-state index in [2.05, 4.69) is 55.4 Å². The molecule has 0 saturated heterocycles. The zero-order valence-electron chi connectivity index (χ0n) is 62.3. The summed E-state index contributed by atoms with van der Waals surface area (Å²) in [7, 11) is -9.91. The van der Waals surface area contributed by atoms with Crippen molar-refractivity contribution in [3.8, 4) is 0 Å². The fourth-order valence-corrected chi connectivity index (χ4v) is 13.1. The van der Waals surface area contributed by atoms with E-state index in [1.807, 2.05) is 0 Å². The summed E-state index contributed by atoms with van der Waals surface area (Å²) in [5.41, 5.74) is 0. The number of carbonyl (C=O) groups excluding carboxylic acids is 4. The van der Waals surface area contributed by atoms with Gasteiger partial charge in [-0.25, -0.2) is 9.13 Å². The standard InChI is InChI=1S/C76H148O17P2/c1-9-68(7)54-46-38-29-23-18-20-25-31-40-48-56-73(78)86-62-71(92-76(81)59-51-43-33-27-21-19-24-30-39-47-55-69(8)10-2)64-90-94(82,83)88-60-70(77)61-89-95(84,85)91-65-72(63-87-74(79)57-49-41-35-34-37-45-53-67(5)6)93-75(80)58-50-42-32-26-17-15-13-11-12-14-16-22-28-36-44-52-66(3)4/h66-72,77H,9-65H2,1-8H3,(H,82,83)(H,84,85)/t68?,69?,70?,71-,72-/m1/s1. The molecule has 0 aliphatic heterocycles. The molecule has 0 aromatic heterocycles. The van der Waals surface area contributed by atoms with Gasteiger partial charge in [0.15, 0.2) is 12.2 Å². The molecule has 0 rings (SSSR count). The average molecular weight is 1400 g/mol. The van der Waals surface area contributed by atoms with Crippen LogP contribution >= 0.6 is 15.6 Å². The summed E-state index contributed by atoms with van der Waals surface area (Å²) in [5.74, 6) is 0.972. The van der Waals surface area contributed by atoms with Gasteiger partial charge in [-0.15, -0.1) is 0 Å². The van der Waals surface area contributed by atoms with Crippen LogP contribution in [0.15, 0.2) is 0 Å². The highest BCUT2D eigenvalue weighted by molar-refractivity contribution is 7.47. The molecule has 0 bridgehead atoms. The van der Waals surface area contributed by atoms with Crippen molar-refractivity contribution in [1.82, 2.24) is 0 Å². The molecule has 5 unspecified atom stereocenters. The van der Waals surface area contributed by atoms with Gasteiger partial charge in [0, 0.05) is 25.7 Å². The number of unbranched alkanes of at least 4 members (excludes halogenated alkanes) is 37. The van der Waals surface area contributed by atoms with Gasteiger partial charge in [0.25, 0.3) is 0 Å². The molecule has 0 radical (unpaired) electrons. The number of ether oxygens (including phenoxy) is 4. The van der Waals surface area contributed by atoms with E-state index in [0.717, 1.165) is 114 Å². The Morgan fingerprint density at radius 3 is 0.747 bits per heavy atom. The van der Waals surface area contributed by atoms with Crippen molar-refractivity contribution >= 4 is 39.5 Å². The van der Waals surface area contributed by atoms with Gasteiger partial charge in [-0.05, 0) is 49.4 Å². The summed E-state index contributed by atoms with van der Waals surface area (Å²) in [6.07, 6.45) is 49.9. The van der Waals surface area contributed by atoms with Gasteiger partial charge in [0.05, 0.1) is 26.4 Å². The molecule has 0 aromatic rings. The summed E-state index contributed by atoms with van der Waals surface area (Å²) in [4.78, 5) is 72.8. The normalized spacial score (nSPS) is 14.7. The molecule has 0 spiro atoms. The maximum absolute atomic E-state index is 13.1. The van der Waals surface area contributed by atoms with Crippen molar-refractivity contribution in [3.05, 3.63) is 0 Å². The number of phosphoric ester groups is 2. The molecular formula is C76H148O17P2. The van der Waals surface area contributed by atoms with Crippen LogP contribution in [0, 0.1) is 23.7 Å². The number of carbonyl (C=O) groups is 4. The van der Waals surface area contributed by atoms with Crippen LogP contribution in [0.3, 0.4) is 0 Å². The fraction of sp³-hybridized carbons (Fsp3) is 0.947. The second-order valence-electron chi connectivity index (χ2n) is 28.8. The van der Waals surface area contributed by atoms with Crippen LogP contribution in [0.2, 0.25) is 0 Å². The lowest BCUT2D eigenvalue weighted by atomic mass is 9.99. The zero-order chi connectivity index (χ0) is 70.3. The summed E-state index contributed by atoms with van der Waals surface area (Å²) in [5, 5.41) is 10.6. The summed E-state index contributed by atoms with van der Waals surface area (Å²) in [6, 6.07) is 0. The molecule has 0 saturated carbocycles. The Morgan fingerprint density at radius 2 is 0.505 bits per heavy atom. The quantitative estimate of drug-likeness (QED) is 0.0222. The van der Waals surface area contributed by atoms with Crippen molar-refractivity contribution in [1.29, 1.82) is 0 Å². The van der Waals surface area contributed by atoms with E-state index in [1.54, 1.807) is 0 Å². The van der Waals surface area contributed by atoms with Crippen molar-refractivity contribution in [2.75, 3.05) is 39.6 Å². The first kappa shape index (κ1) is 93.1. The highest BCUT2D eigenvalue weighted by atomic mass is 31.2. The summed E-state index contributed by atoms with van der Waals surface area (Å²) < 4.78 is 68.5. The van der Waals surface area contributed by atoms with Crippen molar-refractivity contribution in [2.24, 2.45) is 23.7 Å². The van der Waals surface area contributed by atoms with E-state index in [0.29, 0.717) is 31.6 Å². The molecule has 17 nitrogen and oxygen atoms in total. The topological polar surface area (TPSA) is 237 Å². The van der Waals surface area contributed by atoms with E-state index in [-0.39, 0.29) is 25.7 Å². The van der Waals surface area contributed by atoms with Gasteiger partial charge in [-0.1, -0.05) is 331 Å². The van der Waals surface area contributed by atoms with Crippen LogP contribution < -0.4 is 0 Å². The SMILES string of the molecule is CCC(C)CCCCCCCCCCCCC(=O)OC[C@H](COP(=O)(O)OCC(O)COP(=O)(O)OC[C@@H](COC(=O)CCCCCCCCC(C)C)OC(=O)CCCCCCCCCCCCCCCCCC(C)C)OC(=O)CCCCCCCCCCCCC(C)CC. The molecule has 0 aromatic carbocycles. The lowest BCUT2D eigenvalue weighted by Crippen LogP contribution is -2.30. The Morgan fingerprint density at radius 1 is 0.295 bits per heavy atom. The minimum Gasteiger partial charge on any atom is -0.462 e. The third-order valence-corrected chi connectivity index (χ3v) is 20.2. The largest absolute Gasteiger partial charge is 0.472 e. The van der Waals surface area contributed by atoms with E-state index in [1.165, 1.54) is 180 Å². The van der Waals surface area contributed by atoms with E-state index >= 15 is 0 Å². The Labute approximate surface area is 581 Å². The first-order valence-corrected chi connectivity index (χ1v) is 42.3. The van der Waals surface area contributed by atoms with Crippen molar-refractivity contribution in [2.45, 2.75) is 401 Å². The fourth-order valence-electron chi connectivity index (χ4n) is 11.5. The second kappa shape index (κ2) is 65.4. The number of aliphatic hydroxyl groups is 1. The number of phosphoric acid groups is 2. The maximum Gasteiger partial charge on any atom is 0.472 e. The predicted molar refractivity (Wildman–Crippen MR) is 386 cm³/mol. The van der Waals surface area contributed by atoms with Crippen molar-refractivity contribution in [3.63, 3.8) is 0 Å². The number of hydrogen-bond acceptors (Lipinski definition) is 15. The number of aliphatic hydroxyl groups excluding tert-OH is 1. The molecule has 0 amide bonds. The van der Waals surface area contributed by atoms with Gasteiger partial charge in [0.1, 0.15) is 19.3 Å². The smallest absolute Gasteiger partial charge is 0.462 e. The highest BCUT2D eigenvalue weighted by Crippen LogP contribution is 2.45. The van der Waals surface area contributed by atoms with Gasteiger partial charge in [-0.2, -0.15) is 0 Å². The van der Waals surface area contributed by atoms with Gasteiger partial charge >= 0.3 is 39.5 Å².